The van der Waals surface area contributed by atoms with Crippen LogP contribution in [0.3, 0.4) is 0 Å². The molecule has 5 heteroatoms. The number of fused-ring (bicyclic) bond motifs is 13. The van der Waals surface area contributed by atoms with Crippen molar-refractivity contribution < 1.29 is 0 Å². The fourth-order valence-corrected chi connectivity index (χ4v) is 11.0. The molecule has 1 aliphatic carbocycles. The predicted octanol–water partition coefficient (Wildman–Crippen LogP) is 15.5. The Labute approximate surface area is 393 Å². The molecule has 2 atom stereocenters. The van der Waals surface area contributed by atoms with Crippen LogP contribution in [0.1, 0.15) is 28.8 Å². The van der Waals surface area contributed by atoms with Crippen molar-refractivity contribution in [3.63, 3.8) is 0 Å². The van der Waals surface area contributed by atoms with E-state index in [0.717, 1.165) is 33.4 Å². The largest absolute Gasteiger partial charge is 0.333 e. The van der Waals surface area contributed by atoms with Gasteiger partial charge in [-0.3, -0.25) is 4.57 Å². The van der Waals surface area contributed by atoms with E-state index in [1.54, 1.807) is 0 Å². The van der Waals surface area contributed by atoms with Gasteiger partial charge < -0.3 is 4.90 Å². The summed E-state index contributed by atoms with van der Waals surface area (Å²) < 4.78 is 2.19. The summed E-state index contributed by atoms with van der Waals surface area (Å²) in [6.07, 6.45) is 4.62. The van der Waals surface area contributed by atoms with Crippen molar-refractivity contribution in [3.8, 4) is 51.0 Å². The number of aromatic nitrogens is 4. The van der Waals surface area contributed by atoms with Crippen molar-refractivity contribution >= 4 is 60.7 Å². The maximum atomic E-state index is 5.19. The van der Waals surface area contributed by atoms with Gasteiger partial charge in [0.05, 0.1) is 22.6 Å². The van der Waals surface area contributed by atoms with Crippen LogP contribution in [0, 0.1) is 12.1 Å². The zero-order valence-corrected chi connectivity index (χ0v) is 36.8. The lowest BCUT2D eigenvalue weighted by molar-refractivity contribution is 0.668. The molecule has 10 aromatic carbocycles. The molecule has 0 bridgehead atoms. The summed E-state index contributed by atoms with van der Waals surface area (Å²) in [5, 5.41) is 8.73. The molecular weight excluding hydrogens is 827 g/mol. The maximum absolute atomic E-state index is 5.19. The molecule has 0 fully saturated rings. The lowest BCUT2D eigenvalue weighted by Gasteiger charge is -2.32. The van der Waals surface area contributed by atoms with Gasteiger partial charge in [-0.05, 0) is 103 Å². The second-order valence-electron chi connectivity index (χ2n) is 17.7. The Morgan fingerprint density at radius 1 is 0.441 bits per heavy atom. The highest BCUT2D eigenvalue weighted by Gasteiger charge is 2.44. The van der Waals surface area contributed by atoms with Gasteiger partial charge in [-0.25, -0.2) is 4.98 Å². The van der Waals surface area contributed by atoms with Crippen LogP contribution in [0.2, 0.25) is 0 Å². The van der Waals surface area contributed by atoms with Gasteiger partial charge in [0.25, 0.3) is 0 Å². The van der Waals surface area contributed by atoms with Gasteiger partial charge in [0.1, 0.15) is 0 Å². The van der Waals surface area contributed by atoms with E-state index in [2.05, 4.69) is 179 Å². The molecule has 0 saturated heterocycles. The van der Waals surface area contributed by atoms with Gasteiger partial charge >= 0.3 is 0 Å². The minimum absolute atomic E-state index is 0.0468. The minimum atomic E-state index is -0.0468. The van der Waals surface area contributed by atoms with E-state index in [9.17, 15) is 0 Å². The Kier molecular flexibility index (Phi) is 8.56. The third-order valence-corrected chi connectivity index (χ3v) is 14.1. The molecule has 0 N–H and O–H groups in total. The topological polar surface area (TPSA) is 46.8 Å². The second-order valence-corrected chi connectivity index (χ2v) is 17.7. The molecule has 2 unspecified atom stereocenters. The highest BCUT2D eigenvalue weighted by atomic mass is 15.2. The van der Waals surface area contributed by atoms with Gasteiger partial charge in [-0.2, -0.15) is 9.97 Å². The first-order chi connectivity index (χ1) is 33.7. The molecule has 3 heterocycles. The van der Waals surface area contributed by atoms with Crippen LogP contribution in [0.4, 0.5) is 11.4 Å². The van der Waals surface area contributed by atoms with Crippen molar-refractivity contribution in [3.05, 3.63) is 247 Å². The summed E-state index contributed by atoms with van der Waals surface area (Å²) >= 11 is 0. The number of rotatable bonds is 6. The summed E-state index contributed by atoms with van der Waals surface area (Å²) in [5.41, 5.74) is 13.4. The normalized spacial score (nSPS) is 14.9. The summed E-state index contributed by atoms with van der Waals surface area (Å²) in [7, 11) is 0. The Bertz CT molecular complexity index is 3870. The molecule has 2 aromatic heterocycles. The average molecular weight is 866 g/mol. The lowest BCUT2D eigenvalue weighted by Crippen LogP contribution is -2.24. The molecule has 14 rings (SSSR count). The molecule has 12 aromatic rings. The molecule has 0 spiro atoms. The first kappa shape index (κ1) is 38.2. The zero-order chi connectivity index (χ0) is 44.7. The van der Waals surface area contributed by atoms with Crippen LogP contribution in [0.15, 0.2) is 218 Å². The van der Waals surface area contributed by atoms with Crippen molar-refractivity contribution in [1.29, 1.82) is 0 Å². The SMILES string of the molecule is c1ccc2c(c#1)c1c(n2-c2nc(-c3ccccc3)nc(-c3ccccc3)n2)C=CC2c3ccccc3N(c3ccc(-c4ccc(-c5ccc6c7ccccc7c7ccccc7c6c5)cc4)cc3)C12. The quantitative estimate of drug-likeness (QED) is 0.156. The average Bonchev–Trinajstić information content (AvgIpc) is 3.94. The van der Waals surface area contributed by atoms with E-state index < -0.39 is 0 Å². The van der Waals surface area contributed by atoms with E-state index in [4.69, 9.17) is 15.0 Å². The Morgan fingerprint density at radius 3 is 1.62 bits per heavy atom. The van der Waals surface area contributed by atoms with Crippen molar-refractivity contribution in [2.75, 3.05) is 4.90 Å². The summed E-state index contributed by atoms with van der Waals surface area (Å²) in [6.45, 7) is 0. The molecule has 316 valence electrons. The molecule has 0 radical (unpaired) electrons. The Morgan fingerprint density at radius 2 is 0.971 bits per heavy atom. The van der Waals surface area contributed by atoms with E-state index in [-0.39, 0.29) is 12.0 Å². The monoisotopic (exact) mass is 865 g/mol. The first-order valence-corrected chi connectivity index (χ1v) is 23.2. The van der Waals surface area contributed by atoms with Gasteiger partial charge in [0.15, 0.2) is 11.6 Å². The summed E-state index contributed by atoms with van der Waals surface area (Å²) in [6, 6.07) is 82.5. The van der Waals surface area contributed by atoms with Crippen LogP contribution >= 0.6 is 0 Å². The lowest BCUT2D eigenvalue weighted by atomic mass is 9.84. The van der Waals surface area contributed by atoms with Crippen molar-refractivity contribution in [2.45, 2.75) is 12.0 Å². The Hall–Kier alpha value is -9.11. The van der Waals surface area contributed by atoms with Gasteiger partial charge in [0, 0.05) is 34.0 Å². The number of nitrogens with zero attached hydrogens (tertiary/aromatic N) is 5. The van der Waals surface area contributed by atoms with Crippen LogP contribution in [-0.4, -0.2) is 19.5 Å². The van der Waals surface area contributed by atoms with Crippen LogP contribution < -0.4 is 4.90 Å². The van der Waals surface area contributed by atoms with Crippen LogP contribution in [0.25, 0.3) is 100 Å². The molecule has 5 nitrogen and oxygen atoms in total. The molecule has 0 saturated carbocycles. The highest BCUT2D eigenvalue weighted by molar-refractivity contribution is 6.25. The van der Waals surface area contributed by atoms with E-state index in [1.165, 1.54) is 71.4 Å². The number of benzene rings is 9. The zero-order valence-electron chi connectivity index (χ0n) is 36.8. The van der Waals surface area contributed by atoms with Gasteiger partial charge in [-0.15, -0.1) is 0 Å². The van der Waals surface area contributed by atoms with Gasteiger partial charge in [0.2, 0.25) is 5.95 Å². The van der Waals surface area contributed by atoms with Gasteiger partial charge in [-0.1, -0.05) is 194 Å². The van der Waals surface area contributed by atoms with E-state index >= 15 is 0 Å². The minimum Gasteiger partial charge on any atom is -0.333 e. The maximum Gasteiger partial charge on any atom is 0.238 e. The second kappa shape index (κ2) is 15.2. The molecule has 1 aliphatic heterocycles. The summed E-state index contributed by atoms with van der Waals surface area (Å²) in [5.74, 6) is 1.92. The van der Waals surface area contributed by atoms with Crippen LogP contribution in [0.5, 0.6) is 0 Å². The fourth-order valence-electron chi connectivity index (χ4n) is 11.0. The summed E-state index contributed by atoms with van der Waals surface area (Å²) in [4.78, 5) is 17.9. The Balaban J connectivity index is 0.845. The highest BCUT2D eigenvalue weighted by Crippen LogP contribution is 2.57. The number of hydrogen-bond donors (Lipinski definition) is 0. The molecular formula is C63H39N5. The van der Waals surface area contributed by atoms with E-state index in [0.29, 0.717) is 17.6 Å². The number of hydrogen-bond acceptors (Lipinski definition) is 4. The number of anilines is 2. The van der Waals surface area contributed by atoms with Crippen LogP contribution in [-0.2, 0) is 0 Å². The smallest absolute Gasteiger partial charge is 0.238 e. The molecule has 0 amide bonds. The third kappa shape index (κ3) is 5.95. The first-order valence-electron chi connectivity index (χ1n) is 23.2. The van der Waals surface area contributed by atoms with Crippen molar-refractivity contribution in [1.82, 2.24) is 19.5 Å². The third-order valence-electron chi connectivity index (χ3n) is 14.1. The standard InChI is InChI=1S/C63H39N5/c1-3-15-43(16-4-1)61-64-62(44-17-5-2-6-18-44)66-63(65-61)68-57-26-14-12-24-54(57)59-58(68)38-37-53-52-23-11-13-25-56(52)67(60(53)59)46-34-31-41(32-35-46)40-27-29-42(30-28-40)45-33-36-51-49-21-8-7-19-47(49)48-20-9-10-22-50(48)55(51)39-45/h1-11,13-23,25-39,53,60H. The molecule has 68 heavy (non-hydrogen) atoms. The fraction of sp³-hybridized carbons (Fsp3) is 0.0317. The molecule has 2 aliphatic rings. The van der Waals surface area contributed by atoms with E-state index in [1.807, 2.05) is 66.7 Å². The van der Waals surface area contributed by atoms with Crippen molar-refractivity contribution in [2.24, 2.45) is 0 Å². The number of para-hydroxylation sites is 1. The predicted molar refractivity (Wildman–Crippen MR) is 278 cm³/mol.